The fraction of sp³-hybridized carbons (Fsp3) is 0.154. The summed E-state index contributed by atoms with van der Waals surface area (Å²) in [6.45, 7) is 0.629. The van der Waals surface area contributed by atoms with E-state index in [4.69, 9.17) is 16.3 Å². The summed E-state index contributed by atoms with van der Waals surface area (Å²) in [6.07, 6.45) is 0.841. The first-order valence-electron chi connectivity index (χ1n) is 5.39. The first-order chi connectivity index (χ1) is 8.66. The zero-order chi connectivity index (χ0) is 12.7. The molecule has 1 aromatic carbocycles. The molecule has 5 heteroatoms. The molecule has 0 saturated heterocycles. The molecule has 1 aliphatic rings. The van der Waals surface area contributed by atoms with Crippen LogP contribution in [0.3, 0.4) is 0 Å². The van der Waals surface area contributed by atoms with Crippen LogP contribution in [-0.4, -0.2) is 12.4 Å². The summed E-state index contributed by atoms with van der Waals surface area (Å²) in [5.41, 5.74) is 1.65. The maximum atomic E-state index is 12.5. The van der Waals surface area contributed by atoms with Gasteiger partial charge in [0, 0.05) is 10.9 Å². The van der Waals surface area contributed by atoms with E-state index in [1.807, 2.05) is 11.4 Å². The van der Waals surface area contributed by atoms with Crippen molar-refractivity contribution in [3.8, 4) is 5.75 Å². The fourth-order valence-corrected chi connectivity index (χ4v) is 3.62. The molecular weight excluding hydrogens is 336 g/mol. The van der Waals surface area contributed by atoms with Crippen LogP contribution in [-0.2, 0) is 6.42 Å². The second kappa shape index (κ2) is 4.68. The molecule has 0 aliphatic carbocycles. The Kier molecular flexibility index (Phi) is 3.18. The number of halogens is 2. The Morgan fingerprint density at radius 2 is 2.28 bits per heavy atom. The summed E-state index contributed by atoms with van der Waals surface area (Å²) in [6, 6.07) is 5.52. The van der Waals surface area contributed by atoms with Crippen molar-refractivity contribution in [3.05, 3.63) is 49.1 Å². The number of fused-ring (bicyclic) bond motifs is 1. The average molecular weight is 344 g/mol. The van der Waals surface area contributed by atoms with E-state index in [1.54, 1.807) is 12.1 Å². The van der Waals surface area contributed by atoms with Crippen LogP contribution in [0.2, 0.25) is 5.02 Å². The number of ether oxygens (including phenoxy) is 1. The van der Waals surface area contributed by atoms with Crippen LogP contribution in [0.5, 0.6) is 5.75 Å². The highest BCUT2D eigenvalue weighted by Crippen LogP contribution is 2.36. The van der Waals surface area contributed by atoms with Crippen molar-refractivity contribution in [2.75, 3.05) is 6.61 Å². The van der Waals surface area contributed by atoms with Gasteiger partial charge in [0.1, 0.15) is 5.75 Å². The Morgan fingerprint density at radius 1 is 1.44 bits per heavy atom. The summed E-state index contributed by atoms with van der Waals surface area (Å²) in [4.78, 5) is 13.0. The lowest BCUT2D eigenvalue weighted by Gasteiger charge is -2.07. The second-order valence-corrected chi connectivity index (χ2v) is 6.21. The van der Waals surface area contributed by atoms with E-state index >= 15 is 0 Å². The molecule has 0 radical (unpaired) electrons. The van der Waals surface area contributed by atoms with Gasteiger partial charge in [-0.15, -0.1) is 11.3 Å². The lowest BCUT2D eigenvalue weighted by atomic mass is 10.0. The quantitative estimate of drug-likeness (QED) is 0.759. The van der Waals surface area contributed by atoms with Gasteiger partial charge >= 0.3 is 0 Å². The van der Waals surface area contributed by atoms with E-state index < -0.39 is 0 Å². The largest absolute Gasteiger partial charge is 0.492 e. The van der Waals surface area contributed by atoms with Crippen LogP contribution >= 0.6 is 38.9 Å². The Balaban J connectivity index is 2.13. The molecular formula is C13H8BrClO2S. The van der Waals surface area contributed by atoms with Gasteiger partial charge in [-0.3, -0.25) is 4.79 Å². The molecule has 1 aromatic heterocycles. The highest BCUT2D eigenvalue weighted by Gasteiger charge is 2.24. The molecule has 2 heterocycles. The Labute approximate surface area is 122 Å². The standard InChI is InChI=1S/C13H8BrClO2S/c14-8-5-7-1-3-17-12(7)9(6-8)11(16)13-10(15)2-4-18-13/h2,4-6H,1,3H2. The predicted octanol–water partition coefficient (Wildman–Crippen LogP) is 4.33. The summed E-state index contributed by atoms with van der Waals surface area (Å²) in [5, 5.41) is 2.31. The predicted molar refractivity (Wildman–Crippen MR) is 76.1 cm³/mol. The number of rotatable bonds is 2. The molecule has 0 N–H and O–H groups in total. The Morgan fingerprint density at radius 3 is 3.00 bits per heavy atom. The molecule has 0 atom stereocenters. The van der Waals surface area contributed by atoms with Crippen molar-refractivity contribution < 1.29 is 9.53 Å². The van der Waals surface area contributed by atoms with Crippen molar-refractivity contribution in [3.63, 3.8) is 0 Å². The molecule has 0 amide bonds. The smallest absolute Gasteiger partial charge is 0.208 e. The SMILES string of the molecule is O=C(c1cc(Br)cc2c1OCC2)c1sccc1Cl. The molecule has 0 unspecified atom stereocenters. The Hall–Kier alpha value is -0.840. The third-order valence-corrected chi connectivity index (χ3v) is 4.61. The normalized spacial score (nSPS) is 13.2. The summed E-state index contributed by atoms with van der Waals surface area (Å²) < 4.78 is 6.45. The number of thiophene rings is 1. The van der Waals surface area contributed by atoms with E-state index in [0.29, 0.717) is 27.8 Å². The molecule has 2 aromatic rings. The average Bonchev–Trinajstić information content (AvgIpc) is 2.95. The highest BCUT2D eigenvalue weighted by molar-refractivity contribution is 9.10. The van der Waals surface area contributed by atoms with E-state index in [9.17, 15) is 4.79 Å². The number of benzene rings is 1. The molecule has 92 valence electrons. The number of ketones is 1. The van der Waals surface area contributed by atoms with Gasteiger partial charge in [-0.25, -0.2) is 0 Å². The summed E-state index contributed by atoms with van der Waals surface area (Å²) in [7, 11) is 0. The van der Waals surface area contributed by atoms with Crippen molar-refractivity contribution >= 4 is 44.7 Å². The number of carbonyl (C=O) groups is 1. The molecule has 0 fully saturated rings. The van der Waals surface area contributed by atoms with E-state index in [1.165, 1.54) is 11.3 Å². The van der Waals surface area contributed by atoms with Crippen LogP contribution in [0.25, 0.3) is 0 Å². The molecule has 18 heavy (non-hydrogen) atoms. The van der Waals surface area contributed by atoms with Gasteiger partial charge < -0.3 is 4.74 Å². The van der Waals surface area contributed by atoms with Crippen LogP contribution in [0.4, 0.5) is 0 Å². The first kappa shape index (κ1) is 12.2. The van der Waals surface area contributed by atoms with Gasteiger partial charge in [0.15, 0.2) is 0 Å². The zero-order valence-corrected chi connectivity index (χ0v) is 12.4. The molecule has 2 nitrogen and oxygen atoms in total. The molecule has 3 rings (SSSR count). The molecule has 0 bridgehead atoms. The van der Waals surface area contributed by atoms with Gasteiger partial charge in [-0.1, -0.05) is 27.5 Å². The van der Waals surface area contributed by atoms with Gasteiger partial charge in [-0.05, 0) is 29.1 Å². The Bertz CT molecular complexity index is 636. The van der Waals surface area contributed by atoms with Crippen LogP contribution in [0.1, 0.15) is 20.8 Å². The van der Waals surface area contributed by atoms with Gasteiger partial charge in [0.05, 0.1) is 22.1 Å². The molecule has 0 spiro atoms. The monoisotopic (exact) mass is 342 g/mol. The van der Waals surface area contributed by atoms with Gasteiger partial charge in [0.25, 0.3) is 0 Å². The summed E-state index contributed by atoms with van der Waals surface area (Å²) in [5.74, 6) is 0.627. The van der Waals surface area contributed by atoms with Gasteiger partial charge in [0.2, 0.25) is 5.78 Å². The summed E-state index contributed by atoms with van der Waals surface area (Å²) >= 11 is 10.8. The zero-order valence-electron chi connectivity index (χ0n) is 9.20. The number of hydrogen-bond acceptors (Lipinski definition) is 3. The van der Waals surface area contributed by atoms with Crippen LogP contribution in [0, 0.1) is 0 Å². The van der Waals surface area contributed by atoms with Gasteiger partial charge in [-0.2, -0.15) is 0 Å². The minimum atomic E-state index is -0.0746. The van der Waals surface area contributed by atoms with E-state index in [2.05, 4.69) is 15.9 Å². The van der Waals surface area contributed by atoms with Crippen molar-refractivity contribution in [2.45, 2.75) is 6.42 Å². The van der Waals surface area contributed by atoms with Crippen LogP contribution in [0.15, 0.2) is 28.1 Å². The first-order valence-corrected chi connectivity index (χ1v) is 7.45. The number of carbonyl (C=O) groups excluding carboxylic acids is 1. The highest BCUT2D eigenvalue weighted by atomic mass is 79.9. The maximum Gasteiger partial charge on any atom is 0.208 e. The van der Waals surface area contributed by atoms with Crippen molar-refractivity contribution in [1.29, 1.82) is 0 Å². The minimum absolute atomic E-state index is 0.0746. The second-order valence-electron chi connectivity index (χ2n) is 3.97. The fourth-order valence-electron chi connectivity index (χ4n) is 2.02. The third-order valence-electron chi connectivity index (χ3n) is 2.82. The lowest BCUT2D eigenvalue weighted by Crippen LogP contribution is -2.02. The maximum absolute atomic E-state index is 12.5. The lowest BCUT2D eigenvalue weighted by molar-refractivity contribution is 0.103. The molecule has 1 aliphatic heterocycles. The number of hydrogen-bond donors (Lipinski definition) is 0. The van der Waals surface area contributed by atoms with Crippen LogP contribution < -0.4 is 4.74 Å². The minimum Gasteiger partial charge on any atom is -0.492 e. The topological polar surface area (TPSA) is 26.3 Å². The van der Waals surface area contributed by atoms with Crippen molar-refractivity contribution in [2.24, 2.45) is 0 Å². The molecule has 0 saturated carbocycles. The van der Waals surface area contributed by atoms with Crippen molar-refractivity contribution in [1.82, 2.24) is 0 Å². The van der Waals surface area contributed by atoms with E-state index in [-0.39, 0.29) is 5.78 Å². The van der Waals surface area contributed by atoms with E-state index in [0.717, 1.165) is 16.5 Å². The third kappa shape index (κ3) is 1.98.